The minimum absolute atomic E-state index is 0.0353. The molecule has 0 aliphatic rings. The molecule has 1 N–H and O–H groups in total. The fourth-order valence-corrected chi connectivity index (χ4v) is 3.28. The lowest BCUT2D eigenvalue weighted by Crippen LogP contribution is -2.22. The summed E-state index contributed by atoms with van der Waals surface area (Å²) in [4.78, 5) is 0.410. The molecule has 0 aromatic heterocycles. The molecular formula is C16H27NO3S. The molecule has 5 heteroatoms. The van der Waals surface area contributed by atoms with Crippen LogP contribution in [0.4, 0.5) is 0 Å². The first-order valence-corrected chi connectivity index (χ1v) is 8.95. The summed E-state index contributed by atoms with van der Waals surface area (Å²) in [5.74, 6) is 0.168. The van der Waals surface area contributed by atoms with Crippen LogP contribution in [0.2, 0.25) is 0 Å². The lowest BCUT2D eigenvalue weighted by Gasteiger charge is -2.19. The Kier molecular flexibility index (Phi) is 6.84. The summed E-state index contributed by atoms with van der Waals surface area (Å²) in [7, 11) is -1.54. The van der Waals surface area contributed by atoms with Crippen molar-refractivity contribution in [1.29, 1.82) is 0 Å². The highest BCUT2D eigenvalue weighted by Crippen LogP contribution is 2.23. The van der Waals surface area contributed by atoms with Crippen molar-refractivity contribution in [1.82, 2.24) is 5.32 Å². The molecule has 1 aromatic rings. The molecule has 1 rings (SSSR count). The fourth-order valence-electron chi connectivity index (χ4n) is 1.97. The van der Waals surface area contributed by atoms with Crippen molar-refractivity contribution in [3.8, 4) is 0 Å². The maximum absolute atomic E-state index is 12.2. The Bertz CT molecular complexity index is 515. The molecule has 0 saturated carbocycles. The van der Waals surface area contributed by atoms with Gasteiger partial charge in [-0.2, -0.15) is 0 Å². The van der Waals surface area contributed by atoms with Gasteiger partial charge < -0.3 is 10.1 Å². The Hall–Kier alpha value is -0.910. The van der Waals surface area contributed by atoms with Gasteiger partial charge in [-0.3, -0.25) is 0 Å². The first kappa shape index (κ1) is 18.1. The van der Waals surface area contributed by atoms with Crippen LogP contribution in [0.5, 0.6) is 0 Å². The Balaban J connectivity index is 2.54. The standard InChI is InChI=1S/C16H27NO3S/c1-16(2,3)14-6-8-15(9-7-14)21(18,19)13-5-10-17-11-12-20-4/h6-9,17H,5,10-13H2,1-4H3. The van der Waals surface area contributed by atoms with Crippen molar-refractivity contribution in [2.45, 2.75) is 37.5 Å². The van der Waals surface area contributed by atoms with E-state index >= 15 is 0 Å². The second-order valence-electron chi connectivity index (χ2n) is 6.19. The van der Waals surface area contributed by atoms with Gasteiger partial charge in [0.2, 0.25) is 0 Å². The minimum atomic E-state index is -3.19. The zero-order valence-corrected chi connectivity index (χ0v) is 14.3. The highest BCUT2D eigenvalue weighted by molar-refractivity contribution is 7.91. The number of benzene rings is 1. The van der Waals surface area contributed by atoms with Crippen LogP contribution in [0.25, 0.3) is 0 Å². The Morgan fingerprint density at radius 1 is 1.10 bits per heavy atom. The number of methoxy groups -OCH3 is 1. The van der Waals surface area contributed by atoms with Crippen LogP contribution in [-0.2, 0) is 20.0 Å². The molecule has 0 fully saturated rings. The maximum atomic E-state index is 12.2. The predicted octanol–water partition coefficient (Wildman–Crippen LogP) is 2.38. The molecule has 0 heterocycles. The van der Waals surface area contributed by atoms with Crippen LogP contribution in [0.15, 0.2) is 29.2 Å². The van der Waals surface area contributed by atoms with E-state index in [9.17, 15) is 8.42 Å². The second-order valence-corrected chi connectivity index (χ2v) is 8.30. The number of hydrogen-bond donors (Lipinski definition) is 1. The molecule has 4 nitrogen and oxygen atoms in total. The molecule has 0 bridgehead atoms. The quantitative estimate of drug-likeness (QED) is 0.749. The van der Waals surface area contributed by atoms with E-state index in [1.54, 1.807) is 19.2 Å². The van der Waals surface area contributed by atoms with Crippen LogP contribution in [0.1, 0.15) is 32.8 Å². The second kappa shape index (κ2) is 7.92. The highest BCUT2D eigenvalue weighted by Gasteiger charge is 2.17. The summed E-state index contributed by atoms with van der Waals surface area (Å²) in [5, 5.41) is 3.15. The maximum Gasteiger partial charge on any atom is 0.178 e. The van der Waals surface area contributed by atoms with Crippen LogP contribution in [0, 0.1) is 0 Å². The Morgan fingerprint density at radius 2 is 1.71 bits per heavy atom. The zero-order valence-electron chi connectivity index (χ0n) is 13.5. The van der Waals surface area contributed by atoms with E-state index in [1.807, 2.05) is 12.1 Å². The molecule has 0 saturated heterocycles. The van der Waals surface area contributed by atoms with Crippen molar-refractivity contribution < 1.29 is 13.2 Å². The molecule has 0 amide bonds. The first-order chi connectivity index (χ1) is 9.77. The fraction of sp³-hybridized carbons (Fsp3) is 0.625. The number of hydrogen-bond acceptors (Lipinski definition) is 4. The molecule has 0 aliphatic carbocycles. The van der Waals surface area contributed by atoms with Gasteiger partial charge in [0.05, 0.1) is 17.3 Å². The van der Waals surface area contributed by atoms with E-state index in [-0.39, 0.29) is 11.2 Å². The van der Waals surface area contributed by atoms with Crippen molar-refractivity contribution in [2.75, 3.05) is 32.6 Å². The van der Waals surface area contributed by atoms with E-state index in [0.29, 0.717) is 24.5 Å². The van der Waals surface area contributed by atoms with Gasteiger partial charge in [0.25, 0.3) is 0 Å². The molecule has 0 spiro atoms. The zero-order chi connectivity index (χ0) is 15.9. The van der Waals surface area contributed by atoms with Crippen molar-refractivity contribution in [3.63, 3.8) is 0 Å². The molecule has 0 aliphatic heterocycles. The van der Waals surface area contributed by atoms with Gasteiger partial charge in [0, 0.05) is 13.7 Å². The average Bonchev–Trinajstić information content (AvgIpc) is 2.42. The van der Waals surface area contributed by atoms with Crippen molar-refractivity contribution in [2.24, 2.45) is 0 Å². The molecule has 0 atom stereocenters. The first-order valence-electron chi connectivity index (χ1n) is 7.30. The molecule has 120 valence electrons. The van der Waals surface area contributed by atoms with E-state index in [4.69, 9.17) is 4.74 Å². The number of ether oxygens (including phenoxy) is 1. The average molecular weight is 313 g/mol. The summed E-state index contributed by atoms with van der Waals surface area (Å²) >= 11 is 0. The minimum Gasteiger partial charge on any atom is -0.383 e. The number of sulfone groups is 1. The third kappa shape index (κ3) is 6.16. The number of nitrogens with one attached hydrogen (secondary N) is 1. The molecular weight excluding hydrogens is 286 g/mol. The van der Waals surface area contributed by atoms with Gasteiger partial charge >= 0.3 is 0 Å². The normalized spacial score (nSPS) is 12.6. The summed E-state index contributed by atoms with van der Waals surface area (Å²) in [6, 6.07) is 7.25. The molecule has 21 heavy (non-hydrogen) atoms. The third-order valence-corrected chi connectivity index (χ3v) is 5.15. The summed E-state index contributed by atoms with van der Waals surface area (Å²) < 4.78 is 29.4. The van der Waals surface area contributed by atoms with E-state index in [0.717, 1.165) is 12.1 Å². The molecule has 0 radical (unpaired) electrons. The van der Waals surface area contributed by atoms with Crippen LogP contribution < -0.4 is 5.32 Å². The van der Waals surface area contributed by atoms with Gasteiger partial charge in [-0.05, 0) is 36.1 Å². The van der Waals surface area contributed by atoms with E-state index < -0.39 is 9.84 Å². The van der Waals surface area contributed by atoms with Crippen molar-refractivity contribution >= 4 is 9.84 Å². The third-order valence-electron chi connectivity index (χ3n) is 3.33. The Labute approximate surface area is 128 Å². The van der Waals surface area contributed by atoms with Crippen LogP contribution in [-0.4, -0.2) is 41.0 Å². The summed E-state index contributed by atoms with van der Waals surface area (Å²) in [6.45, 7) is 8.41. The predicted molar refractivity (Wildman–Crippen MR) is 86.6 cm³/mol. The molecule has 1 aromatic carbocycles. The highest BCUT2D eigenvalue weighted by atomic mass is 32.2. The largest absolute Gasteiger partial charge is 0.383 e. The summed E-state index contributed by atoms with van der Waals surface area (Å²) in [6.07, 6.45) is 0.604. The smallest absolute Gasteiger partial charge is 0.178 e. The van der Waals surface area contributed by atoms with Crippen LogP contribution >= 0.6 is 0 Å². The van der Waals surface area contributed by atoms with Gasteiger partial charge in [0.1, 0.15) is 0 Å². The lowest BCUT2D eigenvalue weighted by atomic mass is 9.87. The molecule has 0 unspecified atom stereocenters. The van der Waals surface area contributed by atoms with Crippen LogP contribution in [0.3, 0.4) is 0 Å². The topological polar surface area (TPSA) is 55.4 Å². The monoisotopic (exact) mass is 313 g/mol. The summed E-state index contributed by atoms with van der Waals surface area (Å²) in [5.41, 5.74) is 1.18. The van der Waals surface area contributed by atoms with Gasteiger partial charge in [0.15, 0.2) is 9.84 Å². The van der Waals surface area contributed by atoms with E-state index in [2.05, 4.69) is 26.1 Å². The Morgan fingerprint density at radius 3 is 2.24 bits per heavy atom. The number of rotatable bonds is 8. The van der Waals surface area contributed by atoms with Crippen molar-refractivity contribution in [3.05, 3.63) is 29.8 Å². The SMILES string of the molecule is COCCNCCCS(=O)(=O)c1ccc(C(C)(C)C)cc1. The van der Waals surface area contributed by atoms with E-state index in [1.165, 1.54) is 0 Å². The van der Waals surface area contributed by atoms with Gasteiger partial charge in [-0.25, -0.2) is 8.42 Å². The van der Waals surface area contributed by atoms with Gasteiger partial charge in [-0.1, -0.05) is 32.9 Å². The van der Waals surface area contributed by atoms with Gasteiger partial charge in [-0.15, -0.1) is 0 Å². The lowest BCUT2D eigenvalue weighted by molar-refractivity contribution is 0.199.